The summed E-state index contributed by atoms with van der Waals surface area (Å²) in [5, 5.41) is 2.92. The lowest BCUT2D eigenvalue weighted by Gasteiger charge is -2.28. The van der Waals surface area contributed by atoms with Crippen LogP contribution in [0.15, 0.2) is 39.9 Å². The van der Waals surface area contributed by atoms with Gasteiger partial charge in [0.15, 0.2) is 5.69 Å². The molecule has 0 saturated carbocycles. The zero-order chi connectivity index (χ0) is 26.3. The SMILES string of the molecule is CC(C)CN(C(=O)CN(C)CC(=O)N[C@@H](C)c1ccccc1)c1c(N)n(CC(C)C)c(=O)[nH]c1=O. The molecule has 0 aliphatic heterocycles. The minimum Gasteiger partial charge on any atom is -0.383 e. The Labute approximate surface area is 206 Å². The van der Waals surface area contributed by atoms with Crippen molar-refractivity contribution >= 4 is 23.3 Å². The molecule has 0 aliphatic rings. The van der Waals surface area contributed by atoms with Crippen LogP contribution in [-0.4, -0.2) is 52.9 Å². The molecule has 192 valence electrons. The Balaban J connectivity index is 2.19. The monoisotopic (exact) mass is 486 g/mol. The molecule has 1 aromatic carbocycles. The molecule has 1 aromatic heterocycles. The minimum atomic E-state index is -0.710. The molecule has 2 rings (SSSR count). The Hall–Kier alpha value is -3.40. The van der Waals surface area contributed by atoms with Gasteiger partial charge in [0.2, 0.25) is 11.8 Å². The Morgan fingerprint density at radius 1 is 1.03 bits per heavy atom. The lowest BCUT2D eigenvalue weighted by atomic mass is 10.1. The predicted octanol–water partition coefficient (Wildman–Crippen LogP) is 1.57. The molecule has 0 bridgehead atoms. The van der Waals surface area contributed by atoms with Gasteiger partial charge in [-0.3, -0.25) is 28.8 Å². The lowest BCUT2D eigenvalue weighted by Crippen LogP contribution is -2.47. The fourth-order valence-electron chi connectivity index (χ4n) is 3.80. The molecule has 1 heterocycles. The van der Waals surface area contributed by atoms with Crippen LogP contribution >= 0.6 is 0 Å². The molecule has 0 aliphatic carbocycles. The molecule has 1 atom stereocenters. The molecular weight excluding hydrogens is 448 g/mol. The first-order valence-electron chi connectivity index (χ1n) is 11.9. The smallest absolute Gasteiger partial charge is 0.330 e. The molecule has 0 radical (unpaired) electrons. The summed E-state index contributed by atoms with van der Waals surface area (Å²) in [6.45, 7) is 9.99. The maximum absolute atomic E-state index is 13.3. The van der Waals surface area contributed by atoms with Gasteiger partial charge in [-0.2, -0.15) is 0 Å². The number of likely N-dealkylation sites (N-methyl/N-ethyl adjacent to an activating group) is 1. The van der Waals surface area contributed by atoms with Gasteiger partial charge >= 0.3 is 5.69 Å². The number of anilines is 2. The third-order valence-corrected chi connectivity index (χ3v) is 5.38. The van der Waals surface area contributed by atoms with Crippen LogP contribution in [0.1, 0.15) is 46.2 Å². The first-order valence-corrected chi connectivity index (χ1v) is 11.9. The number of benzene rings is 1. The Bertz CT molecular complexity index is 1120. The highest BCUT2D eigenvalue weighted by Gasteiger charge is 2.26. The Morgan fingerprint density at radius 3 is 2.23 bits per heavy atom. The summed E-state index contributed by atoms with van der Waals surface area (Å²) in [5.41, 5.74) is 5.86. The van der Waals surface area contributed by atoms with Crippen LogP contribution in [-0.2, 0) is 16.1 Å². The van der Waals surface area contributed by atoms with Gasteiger partial charge in [0.1, 0.15) is 5.82 Å². The quantitative estimate of drug-likeness (QED) is 0.442. The Morgan fingerprint density at radius 2 is 1.66 bits per heavy atom. The van der Waals surface area contributed by atoms with Gasteiger partial charge in [-0.05, 0) is 31.4 Å². The van der Waals surface area contributed by atoms with E-state index in [1.165, 1.54) is 9.47 Å². The number of nitrogens with zero attached hydrogens (tertiary/aromatic N) is 3. The standard InChI is InChI=1S/C25H38N6O4/c1-16(2)12-30(22-23(26)31(13-17(3)4)25(35)28-24(22)34)21(33)15-29(6)14-20(32)27-18(5)19-10-8-7-9-11-19/h7-11,16-18H,12-15,26H2,1-6H3,(H,27,32)(H,28,34,35)/t18-/m0/s1. The maximum atomic E-state index is 13.3. The maximum Gasteiger partial charge on any atom is 0.330 e. The van der Waals surface area contributed by atoms with E-state index in [1.807, 2.05) is 65.0 Å². The van der Waals surface area contributed by atoms with E-state index in [9.17, 15) is 19.2 Å². The van der Waals surface area contributed by atoms with Crippen LogP contribution < -0.4 is 27.2 Å². The van der Waals surface area contributed by atoms with Crippen molar-refractivity contribution in [2.45, 2.75) is 47.2 Å². The molecule has 0 saturated heterocycles. The molecule has 10 nitrogen and oxygen atoms in total. The molecule has 2 aromatic rings. The van der Waals surface area contributed by atoms with Crippen molar-refractivity contribution in [1.29, 1.82) is 0 Å². The van der Waals surface area contributed by atoms with Crippen LogP contribution in [0.5, 0.6) is 0 Å². The number of hydrogen-bond donors (Lipinski definition) is 3. The summed E-state index contributed by atoms with van der Waals surface area (Å²) >= 11 is 0. The molecule has 0 spiro atoms. The van der Waals surface area contributed by atoms with Gasteiger partial charge in [-0.15, -0.1) is 0 Å². The number of aromatic amines is 1. The van der Waals surface area contributed by atoms with Crippen molar-refractivity contribution in [3.8, 4) is 0 Å². The normalized spacial score (nSPS) is 12.3. The summed E-state index contributed by atoms with van der Waals surface area (Å²) in [6.07, 6.45) is 0. The topological polar surface area (TPSA) is 134 Å². The number of aromatic nitrogens is 2. The molecular formula is C25H38N6O4. The van der Waals surface area contributed by atoms with Crippen LogP contribution in [0.3, 0.4) is 0 Å². The fourth-order valence-corrected chi connectivity index (χ4v) is 3.80. The third kappa shape index (κ3) is 7.81. The van der Waals surface area contributed by atoms with E-state index in [-0.39, 0.29) is 54.9 Å². The average molecular weight is 487 g/mol. The summed E-state index contributed by atoms with van der Waals surface area (Å²) in [6, 6.07) is 9.41. The van der Waals surface area contributed by atoms with E-state index in [0.29, 0.717) is 6.54 Å². The van der Waals surface area contributed by atoms with E-state index < -0.39 is 17.2 Å². The Kier molecular flexibility index (Phi) is 9.82. The predicted molar refractivity (Wildman–Crippen MR) is 138 cm³/mol. The minimum absolute atomic E-state index is 0.00286. The summed E-state index contributed by atoms with van der Waals surface area (Å²) in [7, 11) is 1.66. The number of carbonyl (C=O) groups is 2. The molecule has 0 unspecified atom stereocenters. The van der Waals surface area contributed by atoms with E-state index in [4.69, 9.17) is 5.73 Å². The highest BCUT2D eigenvalue weighted by Crippen LogP contribution is 2.19. The largest absolute Gasteiger partial charge is 0.383 e. The number of amides is 2. The van der Waals surface area contributed by atoms with Crippen molar-refractivity contribution in [1.82, 2.24) is 19.8 Å². The van der Waals surface area contributed by atoms with E-state index in [2.05, 4.69) is 10.3 Å². The molecule has 10 heteroatoms. The first kappa shape index (κ1) is 27.8. The van der Waals surface area contributed by atoms with Gasteiger partial charge in [0, 0.05) is 13.1 Å². The lowest BCUT2D eigenvalue weighted by molar-refractivity contribution is -0.124. The highest BCUT2D eigenvalue weighted by atomic mass is 16.2. The van der Waals surface area contributed by atoms with Crippen molar-refractivity contribution < 1.29 is 9.59 Å². The molecule has 35 heavy (non-hydrogen) atoms. The second-order valence-corrected chi connectivity index (χ2v) is 9.77. The van der Waals surface area contributed by atoms with E-state index in [1.54, 1.807) is 11.9 Å². The number of nitrogen functional groups attached to an aromatic ring is 1. The van der Waals surface area contributed by atoms with E-state index >= 15 is 0 Å². The number of nitrogens with one attached hydrogen (secondary N) is 2. The van der Waals surface area contributed by atoms with Crippen LogP contribution in [0.2, 0.25) is 0 Å². The fraction of sp³-hybridized carbons (Fsp3) is 0.520. The second kappa shape index (κ2) is 12.3. The summed E-state index contributed by atoms with van der Waals surface area (Å²) < 4.78 is 1.28. The van der Waals surface area contributed by atoms with Gasteiger partial charge in [0.25, 0.3) is 5.56 Å². The first-order chi connectivity index (χ1) is 16.4. The van der Waals surface area contributed by atoms with E-state index in [0.717, 1.165) is 5.56 Å². The summed E-state index contributed by atoms with van der Waals surface area (Å²) in [4.78, 5) is 56.1. The second-order valence-electron chi connectivity index (χ2n) is 9.77. The van der Waals surface area contributed by atoms with Crippen LogP contribution in [0.4, 0.5) is 11.5 Å². The number of carbonyl (C=O) groups excluding carboxylic acids is 2. The van der Waals surface area contributed by atoms with Crippen LogP contribution in [0, 0.1) is 11.8 Å². The van der Waals surface area contributed by atoms with Crippen molar-refractivity contribution in [3.05, 3.63) is 56.7 Å². The summed E-state index contributed by atoms with van der Waals surface area (Å²) in [5.74, 6) is -0.528. The number of nitrogens with two attached hydrogens (primary N) is 1. The van der Waals surface area contributed by atoms with Crippen molar-refractivity contribution in [2.24, 2.45) is 11.8 Å². The van der Waals surface area contributed by atoms with Gasteiger partial charge in [-0.25, -0.2) is 4.79 Å². The average Bonchev–Trinajstić information content (AvgIpc) is 2.75. The van der Waals surface area contributed by atoms with Gasteiger partial charge < -0.3 is 16.0 Å². The van der Waals surface area contributed by atoms with Gasteiger partial charge in [0.05, 0.1) is 19.1 Å². The molecule has 4 N–H and O–H groups in total. The highest BCUT2D eigenvalue weighted by molar-refractivity contribution is 5.97. The van der Waals surface area contributed by atoms with Crippen LogP contribution in [0.25, 0.3) is 0 Å². The number of H-pyrrole nitrogens is 1. The zero-order valence-corrected chi connectivity index (χ0v) is 21.5. The van der Waals surface area contributed by atoms with Crippen molar-refractivity contribution in [2.75, 3.05) is 37.3 Å². The molecule has 2 amide bonds. The third-order valence-electron chi connectivity index (χ3n) is 5.38. The zero-order valence-electron chi connectivity index (χ0n) is 21.5. The van der Waals surface area contributed by atoms with Crippen molar-refractivity contribution in [3.63, 3.8) is 0 Å². The van der Waals surface area contributed by atoms with Gasteiger partial charge in [-0.1, -0.05) is 58.0 Å². The number of rotatable bonds is 11. The number of hydrogen-bond acceptors (Lipinski definition) is 6. The molecule has 0 fully saturated rings.